The lowest BCUT2D eigenvalue weighted by Crippen LogP contribution is -2.49. The van der Waals surface area contributed by atoms with E-state index in [9.17, 15) is 14.7 Å². The third-order valence-electron chi connectivity index (χ3n) is 4.20. The van der Waals surface area contributed by atoms with Crippen LogP contribution in [0.3, 0.4) is 0 Å². The second kappa shape index (κ2) is 5.63. The average molecular weight is 276 g/mol. The second-order valence-electron chi connectivity index (χ2n) is 5.56. The Balaban J connectivity index is 2.06. The lowest BCUT2D eigenvalue weighted by molar-refractivity contribution is -0.149. The Bertz CT molecular complexity index is 503. The zero-order valence-corrected chi connectivity index (χ0v) is 11.5. The van der Waals surface area contributed by atoms with Gasteiger partial charge in [0, 0.05) is 6.04 Å². The van der Waals surface area contributed by atoms with Gasteiger partial charge in [0.15, 0.2) is 0 Å². The molecule has 1 aromatic rings. The van der Waals surface area contributed by atoms with Crippen molar-refractivity contribution in [1.82, 2.24) is 5.32 Å². The lowest BCUT2D eigenvalue weighted by Gasteiger charge is -2.28. The molecule has 1 aliphatic rings. The molecule has 5 nitrogen and oxygen atoms in total. The van der Waals surface area contributed by atoms with Gasteiger partial charge in [-0.15, -0.1) is 0 Å². The Morgan fingerprint density at radius 2 is 2.05 bits per heavy atom. The van der Waals surface area contributed by atoms with Crippen molar-refractivity contribution in [2.45, 2.75) is 38.3 Å². The molecule has 0 radical (unpaired) electrons. The molecule has 1 aliphatic carbocycles. The number of hydrogen-bond donors (Lipinski definition) is 3. The first-order valence-corrected chi connectivity index (χ1v) is 6.79. The van der Waals surface area contributed by atoms with Crippen LogP contribution in [0.15, 0.2) is 30.3 Å². The smallest absolute Gasteiger partial charge is 0.311 e. The van der Waals surface area contributed by atoms with Crippen molar-refractivity contribution in [3.05, 3.63) is 35.9 Å². The van der Waals surface area contributed by atoms with Gasteiger partial charge in [-0.05, 0) is 25.3 Å². The molecule has 1 aromatic carbocycles. The molecule has 20 heavy (non-hydrogen) atoms. The van der Waals surface area contributed by atoms with Gasteiger partial charge in [0.2, 0.25) is 5.91 Å². The summed E-state index contributed by atoms with van der Waals surface area (Å²) in [5.74, 6) is -1.19. The van der Waals surface area contributed by atoms with E-state index in [1.807, 2.05) is 18.2 Å². The number of carboxylic acid groups (broad SMARTS) is 1. The van der Waals surface area contributed by atoms with Gasteiger partial charge < -0.3 is 16.2 Å². The quantitative estimate of drug-likeness (QED) is 0.776. The Morgan fingerprint density at radius 1 is 1.40 bits per heavy atom. The van der Waals surface area contributed by atoms with Gasteiger partial charge in [0.25, 0.3) is 0 Å². The predicted molar refractivity (Wildman–Crippen MR) is 74.9 cm³/mol. The number of aliphatic carboxylic acids is 1. The second-order valence-corrected chi connectivity index (χ2v) is 5.56. The highest BCUT2D eigenvalue weighted by Crippen LogP contribution is 2.38. The van der Waals surface area contributed by atoms with Crippen molar-refractivity contribution in [2.24, 2.45) is 11.1 Å². The number of hydrogen-bond acceptors (Lipinski definition) is 3. The van der Waals surface area contributed by atoms with Crippen LogP contribution in [0, 0.1) is 5.41 Å². The van der Waals surface area contributed by atoms with Crippen LogP contribution in [-0.2, 0) is 9.59 Å². The number of nitrogens with two attached hydrogens (primary N) is 1. The number of rotatable bonds is 4. The summed E-state index contributed by atoms with van der Waals surface area (Å²) in [6.45, 7) is 1.68. The fourth-order valence-corrected chi connectivity index (χ4v) is 2.73. The van der Waals surface area contributed by atoms with Crippen LogP contribution in [0.5, 0.6) is 0 Å². The van der Waals surface area contributed by atoms with Crippen molar-refractivity contribution in [3.8, 4) is 0 Å². The summed E-state index contributed by atoms with van der Waals surface area (Å²) in [5.41, 5.74) is 5.75. The zero-order valence-electron chi connectivity index (χ0n) is 11.5. The molecule has 0 saturated heterocycles. The van der Waals surface area contributed by atoms with Crippen LogP contribution in [0.2, 0.25) is 0 Å². The molecule has 2 rings (SSSR count). The van der Waals surface area contributed by atoms with E-state index in [-0.39, 0.29) is 11.9 Å². The maximum Gasteiger partial charge on any atom is 0.311 e. The highest BCUT2D eigenvalue weighted by molar-refractivity contribution is 5.84. The highest BCUT2D eigenvalue weighted by Gasteiger charge is 2.46. The van der Waals surface area contributed by atoms with Crippen molar-refractivity contribution >= 4 is 11.9 Å². The minimum absolute atomic E-state index is 0.324. The monoisotopic (exact) mass is 276 g/mol. The molecule has 0 aliphatic heterocycles. The number of carbonyl (C=O) groups is 2. The van der Waals surface area contributed by atoms with E-state index in [0.717, 1.165) is 12.0 Å². The number of benzene rings is 1. The average Bonchev–Trinajstić information content (AvgIpc) is 2.81. The summed E-state index contributed by atoms with van der Waals surface area (Å²) in [6, 6.07) is 7.94. The number of amides is 1. The maximum atomic E-state index is 12.2. The topological polar surface area (TPSA) is 92.4 Å². The van der Waals surface area contributed by atoms with Crippen molar-refractivity contribution in [2.75, 3.05) is 0 Å². The van der Waals surface area contributed by atoms with Gasteiger partial charge in [-0.25, -0.2) is 0 Å². The van der Waals surface area contributed by atoms with Crippen LogP contribution in [0.25, 0.3) is 0 Å². The Hall–Kier alpha value is -1.88. The fourth-order valence-electron chi connectivity index (χ4n) is 2.73. The molecular weight excluding hydrogens is 256 g/mol. The van der Waals surface area contributed by atoms with E-state index in [1.165, 1.54) is 0 Å². The molecule has 0 spiro atoms. The van der Waals surface area contributed by atoms with Crippen molar-refractivity contribution < 1.29 is 14.7 Å². The SMILES string of the molecule is CC1(C(=O)O)CCCC1NC(=O)[C@@H](N)c1ccccc1. The highest BCUT2D eigenvalue weighted by atomic mass is 16.4. The molecule has 0 heterocycles. The molecule has 4 N–H and O–H groups in total. The molecular formula is C15H20N2O3. The predicted octanol–water partition coefficient (Wildman–Crippen LogP) is 1.45. The van der Waals surface area contributed by atoms with E-state index >= 15 is 0 Å². The number of nitrogens with one attached hydrogen (secondary N) is 1. The number of carbonyl (C=O) groups excluding carboxylic acids is 1. The van der Waals surface area contributed by atoms with Crippen LogP contribution < -0.4 is 11.1 Å². The van der Waals surface area contributed by atoms with Gasteiger partial charge >= 0.3 is 5.97 Å². The van der Waals surface area contributed by atoms with Crippen LogP contribution in [-0.4, -0.2) is 23.0 Å². The third kappa shape index (κ3) is 2.67. The Labute approximate surface area is 118 Å². The molecule has 5 heteroatoms. The van der Waals surface area contributed by atoms with Gasteiger partial charge in [-0.2, -0.15) is 0 Å². The molecule has 1 fully saturated rings. The van der Waals surface area contributed by atoms with Gasteiger partial charge in [-0.1, -0.05) is 36.8 Å². The largest absolute Gasteiger partial charge is 0.481 e. The fraction of sp³-hybridized carbons (Fsp3) is 0.467. The van der Waals surface area contributed by atoms with Crippen LogP contribution >= 0.6 is 0 Å². The first kappa shape index (κ1) is 14.5. The molecule has 108 valence electrons. The molecule has 0 aromatic heterocycles. The summed E-state index contributed by atoms with van der Waals surface area (Å²) < 4.78 is 0. The number of carboxylic acids is 1. The maximum absolute atomic E-state index is 12.2. The summed E-state index contributed by atoms with van der Waals surface area (Å²) in [5, 5.41) is 12.1. The van der Waals surface area contributed by atoms with Crippen LogP contribution in [0.4, 0.5) is 0 Å². The van der Waals surface area contributed by atoms with Gasteiger partial charge in [-0.3, -0.25) is 9.59 Å². The zero-order chi connectivity index (χ0) is 14.8. The molecule has 1 amide bonds. The summed E-state index contributed by atoms with van der Waals surface area (Å²) in [4.78, 5) is 23.6. The van der Waals surface area contributed by atoms with E-state index in [0.29, 0.717) is 12.8 Å². The Kier molecular flexibility index (Phi) is 4.09. The molecule has 1 saturated carbocycles. The molecule has 3 atom stereocenters. The summed E-state index contributed by atoms with van der Waals surface area (Å²) in [6.07, 6.45) is 2.05. The van der Waals surface area contributed by atoms with E-state index < -0.39 is 17.4 Å². The normalized spacial score (nSPS) is 27.0. The van der Waals surface area contributed by atoms with Crippen molar-refractivity contribution in [3.63, 3.8) is 0 Å². The van der Waals surface area contributed by atoms with E-state index in [4.69, 9.17) is 5.73 Å². The molecule has 2 unspecified atom stereocenters. The first-order valence-electron chi connectivity index (χ1n) is 6.79. The minimum atomic E-state index is -0.897. The summed E-state index contributed by atoms with van der Waals surface area (Å²) in [7, 11) is 0. The van der Waals surface area contributed by atoms with Gasteiger partial charge in [0.05, 0.1) is 5.41 Å². The standard InChI is InChI=1S/C15H20N2O3/c1-15(14(19)20)9-5-8-11(15)17-13(18)12(16)10-6-3-2-4-7-10/h2-4,6-7,11-12H,5,8-9,16H2,1H3,(H,17,18)(H,19,20)/t11?,12-,15?/m0/s1. The minimum Gasteiger partial charge on any atom is -0.481 e. The van der Waals surface area contributed by atoms with E-state index in [1.54, 1.807) is 19.1 Å². The summed E-state index contributed by atoms with van der Waals surface area (Å²) >= 11 is 0. The van der Waals surface area contributed by atoms with Crippen LogP contribution in [0.1, 0.15) is 37.8 Å². The first-order chi connectivity index (χ1) is 9.45. The Morgan fingerprint density at radius 3 is 2.65 bits per heavy atom. The molecule has 0 bridgehead atoms. The lowest BCUT2D eigenvalue weighted by atomic mass is 9.84. The third-order valence-corrected chi connectivity index (χ3v) is 4.20. The van der Waals surface area contributed by atoms with Gasteiger partial charge in [0.1, 0.15) is 6.04 Å². The van der Waals surface area contributed by atoms with E-state index in [2.05, 4.69) is 5.32 Å². The van der Waals surface area contributed by atoms with Crippen molar-refractivity contribution in [1.29, 1.82) is 0 Å².